The average Bonchev–Trinajstić information content (AvgIpc) is 2.47. The van der Waals surface area contributed by atoms with E-state index in [1.54, 1.807) is 6.20 Å². The molecule has 0 spiro atoms. The van der Waals surface area contributed by atoms with E-state index in [4.69, 9.17) is 5.84 Å². The minimum Gasteiger partial charge on any atom is -0.351 e. The Morgan fingerprint density at radius 1 is 1.26 bits per heavy atom. The van der Waals surface area contributed by atoms with E-state index in [1.807, 2.05) is 0 Å². The molecule has 3 N–H and O–H groups in total. The third-order valence-electron chi connectivity index (χ3n) is 3.28. The van der Waals surface area contributed by atoms with Crippen LogP contribution in [-0.4, -0.2) is 16.5 Å². The number of rotatable bonds is 2. The van der Waals surface area contributed by atoms with Crippen LogP contribution in [0.15, 0.2) is 34.9 Å². The molecule has 0 atom stereocenters. The molecule has 0 unspecified atom stereocenters. The Hall–Kier alpha value is -1.66. The molecule has 1 aliphatic heterocycles. The molecule has 0 saturated heterocycles. The molecule has 1 aromatic heterocycles. The highest BCUT2D eigenvalue weighted by atomic mass is 79.9. The second kappa shape index (κ2) is 5.14. The summed E-state index contributed by atoms with van der Waals surface area (Å²) >= 11 is 3.50. The summed E-state index contributed by atoms with van der Waals surface area (Å²) in [6.45, 7) is 1.80. The Kier molecular flexibility index (Phi) is 3.35. The van der Waals surface area contributed by atoms with Crippen LogP contribution in [0.25, 0.3) is 0 Å². The maximum absolute atomic E-state index is 5.37. The van der Waals surface area contributed by atoms with E-state index in [2.05, 4.69) is 60.5 Å². The molecule has 1 aliphatic rings. The quantitative estimate of drug-likeness (QED) is 0.655. The van der Waals surface area contributed by atoms with Gasteiger partial charge in [-0.15, -0.1) is 0 Å². The van der Waals surface area contributed by atoms with Crippen molar-refractivity contribution in [1.29, 1.82) is 0 Å². The molecule has 0 aliphatic carbocycles. The van der Waals surface area contributed by atoms with Gasteiger partial charge < -0.3 is 4.90 Å². The monoisotopic (exact) mass is 319 g/mol. The minimum absolute atomic E-state index is 0.428. The normalized spacial score (nSPS) is 14.1. The summed E-state index contributed by atoms with van der Waals surface area (Å²) in [4.78, 5) is 10.7. The van der Waals surface area contributed by atoms with Crippen LogP contribution in [-0.2, 0) is 13.0 Å². The van der Waals surface area contributed by atoms with Crippen molar-refractivity contribution in [2.24, 2.45) is 5.84 Å². The first-order chi connectivity index (χ1) is 9.28. The standard InChI is InChI=1S/C13H14BrN5/c14-11-7-16-13(18-15)17-12(11)19-6-5-9-3-1-2-4-10(9)8-19/h1-4,7H,5-6,8,15H2,(H,16,17,18). The molecule has 2 heterocycles. The van der Waals surface area contributed by atoms with Gasteiger partial charge in [-0.25, -0.2) is 10.8 Å². The zero-order valence-corrected chi connectivity index (χ0v) is 11.9. The molecule has 5 nitrogen and oxygen atoms in total. The summed E-state index contributed by atoms with van der Waals surface area (Å²) in [5.74, 6) is 6.67. The number of nitrogens with two attached hydrogens (primary N) is 1. The molecule has 0 bridgehead atoms. The first-order valence-electron chi connectivity index (χ1n) is 6.09. The topological polar surface area (TPSA) is 67.1 Å². The number of hydrazine groups is 1. The van der Waals surface area contributed by atoms with Crippen molar-refractivity contribution < 1.29 is 0 Å². The average molecular weight is 320 g/mol. The van der Waals surface area contributed by atoms with E-state index in [0.29, 0.717) is 5.95 Å². The van der Waals surface area contributed by atoms with E-state index in [0.717, 1.165) is 29.8 Å². The summed E-state index contributed by atoms with van der Waals surface area (Å²) in [7, 11) is 0. The van der Waals surface area contributed by atoms with Gasteiger partial charge in [0.15, 0.2) is 0 Å². The Labute approximate surface area is 120 Å². The molecule has 0 fully saturated rings. The number of benzene rings is 1. The highest BCUT2D eigenvalue weighted by Gasteiger charge is 2.19. The number of nitrogen functional groups attached to an aromatic ring is 1. The highest BCUT2D eigenvalue weighted by molar-refractivity contribution is 9.10. The Bertz CT molecular complexity index is 601. The number of halogens is 1. The molecule has 98 valence electrons. The summed E-state index contributed by atoms with van der Waals surface area (Å²) in [5, 5.41) is 0. The van der Waals surface area contributed by atoms with E-state index < -0.39 is 0 Å². The fourth-order valence-corrected chi connectivity index (χ4v) is 2.77. The Balaban J connectivity index is 1.92. The number of anilines is 2. The van der Waals surface area contributed by atoms with Gasteiger partial charge in [0.2, 0.25) is 5.95 Å². The van der Waals surface area contributed by atoms with E-state index in [9.17, 15) is 0 Å². The maximum Gasteiger partial charge on any atom is 0.239 e. The van der Waals surface area contributed by atoms with Crippen molar-refractivity contribution in [2.45, 2.75) is 13.0 Å². The van der Waals surface area contributed by atoms with Gasteiger partial charge in [0.1, 0.15) is 5.82 Å². The van der Waals surface area contributed by atoms with Crippen LogP contribution < -0.4 is 16.2 Å². The van der Waals surface area contributed by atoms with Gasteiger partial charge in [0, 0.05) is 19.3 Å². The summed E-state index contributed by atoms with van der Waals surface area (Å²) in [6, 6.07) is 8.52. The zero-order chi connectivity index (χ0) is 13.2. The maximum atomic E-state index is 5.37. The van der Waals surface area contributed by atoms with Crippen molar-refractivity contribution in [1.82, 2.24) is 9.97 Å². The van der Waals surface area contributed by atoms with Crippen molar-refractivity contribution >= 4 is 27.7 Å². The van der Waals surface area contributed by atoms with Crippen LogP contribution in [0.2, 0.25) is 0 Å². The fraction of sp³-hybridized carbons (Fsp3) is 0.231. The van der Waals surface area contributed by atoms with E-state index >= 15 is 0 Å². The molecule has 19 heavy (non-hydrogen) atoms. The molecular weight excluding hydrogens is 306 g/mol. The van der Waals surface area contributed by atoms with Crippen molar-refractivity contribution in [3.05, 3.63) is 46.1 Å². The van der Waals surface area contributed by atoms with Gasteiger partial charge >= 0.3 is 0 Å². The SMILES string of the molecule is NNc1ncc(Br)c(N2CCc3ccccc3C2)n1. The smallest absolute Gasteiger partial charge is 0.239 e. The van der Waals surface area contributed by atoms with Crippen LogP contribution in [0.5, 0.6) is 0 Å². The van der Waals surface area contributed by atoms with Crippen LogP contribution in [0.4, 0.5) is 11.8 Å². The third-order valence-corrected chi connectivity index (χ3v) is 3.84. The van der Waals surface area contributed by atoms with Crippen LogP contribution in [0.1, 0.15) is 11.1 Å². The first-order valence-corrected chi connectivity index (χ1v) is 6.88. The lowest BCUT2D eigenvalue weighted by Gasteiger charge is -2.30. The van der Waals surface area contributed by atoms with Crippen molar-refractivity contribution in [2.75, 3.05) is 16.9 Å². The van der Waals surface area contributed by atoms with Gasteiger partial charge in [-0.1, -0.05) is 24.3 Å². The molecule has 1 aromatic carbocycles. The summed E-state index contributed by atoms with van der Waals surface area (Å²) in [5.41, 5.74) is 5.25. The van der Waals surface area contributed by atoms with Gasteiger partial charge in [-0.2, -0.15) is 4.98 Å². The predicted molar refractivity (Wildman–Crippen MR) is 78.7 cm³/mol. The Morgan fingerprint density at radius 3 is 2.84 bits per heavy atom. The van der Waals surface area contributed by atoms with Crippen LogP contribution in [0.3, 0.4) is 0 Å². The van der Waals surface area contributed by atoms with Gasteiger partial charge in [-0.05, 0) is 33.5 Å². The number of nitrogens with zero attached hydrogens (tertiary/aromatic N) is 3. The summed E-state index contributed by atoms with van der Waals surface area (Å²) < 4.78 is 0.880. The van der Waals surface area contributed by atoms with Crippen LogP contribution in [0, 0.1) is 0 Å². The number of nitrogens with one attached hydrogen (secondary N) is 1. The van der Waals surface area contributed by atoms with Gasteiger partial charge in [0.25, 0.3) is 0 Å². The number of hydrogen-bond acceptors (Lipinski definition) is 5. The molecule has 2 aromatic rings. The number of aromatic nitrogens is 2. The fourth-order valence-electron chi connectivity index (χ4n) is 2.33. The number of hydrogen-bond donors (Lipinski definition) is 2. The van der Waals surface area contributed by atoms with E-state index in [1.165, 1.54) is 11.1 Å². The largest absolute Gasteiger partial charge is 0.351 e. The highest BCUT2D eigenvalue weighted by Crippen LogP contribution is 2.29. The second-order valence-corrected chi connectivity index (χ2v) is 5.30. The van der Waals surface area contributed by atoms with Crippen molar-refractivity contribution in [3.63, 3.8) is 0 Å². The predicted octanol–water partition coefficient (Wildman–Crippen LogP) is 2.09. The van der Waals surface area contributed by atoms with Crippen molar-refractivity contribution in [3.8, 4) is 0 Å². The van der Waals surface area contributed by atoms with Gasteiger partial charge in [0.05, 0.1) is 4.47 Å². The molecular formula is C13H14BrN5. The second-order valence-electron chi connectivity index (χ2n) is 4.45. The third kappa shape index (κ3) is 2.41. The van der Waals surface area contributed by atoms with Gasteiger partial charge in [-0.3, -0.25) is 5.43 Å². The van der Waals surface area contributed by atoms with Crippen LogP contribution >= 0.6 is 15.9 Å². The molecule has 6 heteroatoms. The zero-order valence-electron chi connectivity index (χ0n) is 10.3. The lowest BCUT2D eigenvalue weighted by atomic mass is 10.00. The first kappa shape index (κ1) is 12.4. The Morgan fingerprint density at radius 2 is 2.05 bits per heavy atom. The molecule has 0 radical (unpaired) electrons. The van der Waals surface area contributed by atoms with E-state index in [-0.39, 0.29) is 0 Å². The molecule has 0 amide bonds. The molecule has 3 rings (SSSR count). The lowest BCUT2D eigenvalue weighted by Crippen LogP contribution is -2.31. The minimum atomic E-state index is 0.428. The summed E-state index contributed by atoms with van der Waals surface area (Å²) in [6.07, 6.45) is 2.75. The molecule has 0 saturated carbocycles. The lowest BCUT2D eigenvalue weighted by molar-refractivity contribution is 0.717. The number of fused-ring (bicyclic) bond motifs is 1.